The van der Waals surface area contributed by atoms with Crippen LogP contribution in [-0.4, -0.2) is 29.2 Å². The first-order valence-corrected chi connectivity index (χ1v) is 15.3. The van der Waals surface area contributed by atoms with E-state index >= 15 is 0 Å². The van der Waals surface area contributed by atoms with E-state index in [0.717, 1.165) is 10.4 Å². The lowest BCUT2D eigenvalue weighted by Crippen LogP contribution is -2.34. The number of carbonyl (C=O) groups excluding carboxylic acids is 1. The van der Waals surface area contributed by atoms with Crippen LogP contribution in [0.2, 0.25) is 5.02 Å². The van der Waals surface area contributed by atoms with Gasteiger partial charge < -0.3 is 9.47 Å². The number of thioether (sulfide) groups is 1. The maximum atomic E-state index is 13.8. The van der Waals surface area contributed by atoms with Crippen LogP contribution in [0.25, 0.3) is 21.7 Å². The van der Waals surface area contributed by atoms with Gasteiger partial charge in [-0.1, -0.05) is 53.7 Å². The predicted octanol–water partition coefficient (Wildman–Crippen LogP) is 7.98. The van der Waals surface area contributed by atoms with Crippen molar-refractivity contribution in [3.8, 4) is 33.8 Å². The molecule has 2 atom stereocenters. The number of carbonyl (C=O) groups is 1. The predicted molar refractivity (Wildman–Crippen MR) is 164 cm³/mol. The normalized spacial score (nSPS) is 16.3. The number of nitriles is 2. The first kappa shape index (κ1) is 30.0. The molecule has 2 aromatic heterocycles. The van der Waals surface area contributed by atoms with Crippen molar-refractivity contribution in [2.75, 3.05) is 12.4 Å². The molecule has 214 valence electrons. The molecule has 1 N–H and O–H groups in total. The van der Waals surface area contributed by atoms with Crippen molar-refractivity contribution in [2.24, 2.45) is 5.92 Å². The molecule has 0 saturated heterocycles. The van der Waals surface area contributed by atoms with Gasteiger partial charge in [-0.3, -0.25) is 5.41 Å². The maximum Gasteiger partial charge on any atom is 0.338 e. The molecule has 11 heteroatoms. The van der Waals surface area contributed by atoms with Crippen LogP contribution in [-0.2, 0) is 14.3 Å². The Kier molecular flexibility index (Phi) is 9.22. The lowest BCUT2D eigenvalue weighted by Gasteiger charge is -2.31. The second-order valence-corrected chi connectivity index (χ2v) is 11.6. The van der Waals surface area contributed by atoms with E-state index in [-0.39, 0.29) is 29.6 Å². The first-order valence-electron chi connectivity index (χ1n) is 13.0. The summed E-state index contributed by atoms with van der Waals surface area (Å²) in [6, 6.07) is 22.6. The highest BCUT2D eigenvalue weighted by molar-refractivity contribution is 7.99. The van der Waals surface area contributed by atoms with Crippen molar-refractivity contribution in [3.63, 3.8) is 0 Å². The molecule has 2 unspecified atom stereocenters. The van der Waals surface area contributed by atoms with Crippen LogP contribution in [0.4, 0.5) is 4.39 Å². The summed E-state index contributed by atoms with van der Waals surface area (Å²) in [6.07, 6.45) is 0. The van der Waals surface area contributed by atoms with Crippen LogP contribution < -0.4 is 0 Å². The van der Waals surface area contributed by atoms with E-state index in [1.54, 1.807) is 19.1 Å². The Morgan fingerprint density at radius 2 is 1.93 bits per heavy atom. The van der Waals surface area contributed by atoms with Gasteiger partial charge in [0.2, 0.25) is 5.90 Å². The van der Waals surface area contributed by atoms with Crippen molar-refractivity contribution in [1.29, 1.82) is 15.9 Å². The van der Waals surface area contributed by atoms with E-state index in [1.165, 1.54) is 47.4 Å². The SMILES string of the molecule is CCOC(=O)C1=C(CSc2nc(-c3cccs3)cc(-c3ccc(Cl)cc3)c2C#N)OC(=N)C(C#N)C1c1ccc(F)cc1. The molecule has 2 aromatic carbocycles. The van der Waals surface area contributed by atoms with Gasteiger partial charge in [0, 0.05) is 16.5 Å². The lowest BCUT2D eigenvalue weighted by molar-refractivity contribution is -0.139. The highest BCUT2D eigenvalue weighted by Crippen LogP contribution is 2.42. The number of nitrogens with zero attached hydrogens (tertiary/aromatic N) is 3. The van der Waals surface area contributed by atoms with Crippen molar-refractivity contribution in [3.05, 3.63) is 105 Å². The highest BCUT2D eigenvalue weighted by Gasteiger charge is 2.42. The van der Waals surface area contributed by atoms with Crippen LogP contribution in [0.15, 0.2) is 88.5 Å². The topological polar surface area (TPSA) is 120 Å². The third-order valence-corrected chi connectivity index (χ3v) is 8.81. The third-order valence-electron chi connectivity index (χ3n) is 6.69. The van der Waals surface area contributed by atoms with Gasteiger partial charge in [0.1, 0.15) is 28.6 Å². The second kappa shape index (κ2) is 13.2. The Balaban J connectivity index is 1.63. The van der Waals surface area contributed by atoms with Crippen molar-refractivity contribution >= 4 is 46.6 Å². The number of esters is 1. The highest BCUT2D eigenvalue weighted by atomic mass is 35.5. The molecule has 1 aliphatic rings. The minimum Gasteiger partial charge on any atom is -0.463 e. The molecular formula is C32H22ClFN4O3S2. The summed E-state index contributed by atoms with van der Waals surface area (Å²) in [5, 5.41) is 31.6. The molecule has 0 radical (unpaired) electrons. The van der Waals surface area contributed by atoms with Gasteiger partial charge in [-0.25, -0.2) is 14.2 Å². The number of halogens is 2. The zero-order valence-corrected chi connectivity index (χ0v) is 25.0. The Morgan fingerprint density at radius 3 is 2.56 bits per heavy atom. The number of rotatable bonds is 8. The Labute approximate surface area is 260 Å². The van der Waals surface area contributed by atoms with Crippen LogP contribution in [0, 0.1) is 39.8 Å². The molecule has 0 amide bonds. The summed E-state index contributed by atoms with van der Waals surface area (Å²) >= 11 is 8.79. The van der Waals surface area contributed by atoms with Crippen molar-refractivity contribution in [1.82, 2.24) is 4.98 Å². The van der Waals surface area contributed by atoms with Gasteiger partial charge in [0.05, 0.1) is 40.1 Å². The van der Waals surface area contributed by atoms with E-state index < -0.39 is 23.6 Å². The molecule has 0 bridgehead atoms. The Morgan fingerprint density at radius 1 is 1.19 bits per heavy atom. The fourth-order valence-electron chi connectivity index (χ4n) is 4.74. The summed E-state index contributed by atoms with van der Waals surface area (Å²) in [5.41, 5.74) is 2.94. The lowest BCUT2D eigenvalue weighted by atomic mass is 9.78. The molecule has 0 aliphatic carbocycles. The summed E-state index contributed by atoms with van der Waals surface area (Å²) in [4.78, 5) is 19.0. The molecule has 43 heavy (non-hydrogen) atoms. The monoisotopic (exact) mass is 628 g/mol. The van der Waals surface area contributed by atoms with E-state index in [0.29, 0.717) is 32.4 Å². The summed E-state index contributed by atoms with van der Waals surface area (Å²) in [5.74, 6) is -3.48. The van der Waals surface area contributed by atoms with Crippen LogP contribution in [0.1, 0.15) is 24.0 Å². The van der Waals surface area contributed by atoms with E-state index in [1.807, 2.05) is 35.7 Å². The number of benzene rings is 2. The fourth-order valence-corrected chi connectivity index (χ4v) is 6.49. The minimum atomic E-state index is -1.13. The van der Waals surface area contributed by atoms with Crippen LogP contribution >= 0.6 is 34.7 Å². The molecular weight excluding hydrogens is 607 g/mol. The first-order chi connectivity index (χ1) is 20.8. The number of hydrogen-bond acceptors (Lipinski definition) is 9. The van der Waals surface area contributed by atoms with Gasteiger partial charge in [-0.2, -0.15) is 10.5 Å². The number of thiophene rings is 1. The van der Waals surface area contributed by atoms with Gasteiger partial charge >= 0.3 is 5.97 Å². The zero-order valence-electron chi connectivity index (χ0n) is 22.6. The van der Waals surface area contributed by atoms with E-state index in [2.05, 4.69) is 12.1 Å². The summed E-state index contributed by atoms with van der Waals surface area (Å²) in [6.45, 7) is 1.73. The third kappa shape index (κ3) is 6.32. The van der Waals surface area contributed by atoms with Crippen LogP contribution in [0.3, 0.4) is 0 Å². The molecule has 7 nitrogen and oxygen atoms in total. The van der Waals surface area contributed by atoms with Gasteiger partial charge in [0.15, 0.2) is 0 Å². The minimum absolute atomic E-state index is 0.00199. The average Bonchev–Trinajstić information content (AvgIpc) is 3.55. The second-order valence-electron chi connectivity index (χ2n) is 9.28. The molecule has 4 aromatic rings. The number of pyridine rings is 1. The summed E-state index contributed by atoms with van der Waals surface area (Å²) < 4.78 is 24.9. The number of nitrogens with one attached hydrogen (secondary N) is 1. The smallest absolute Gasteiger partial charge is 0.338 e. The number of aromatic nitrogens is 1. The fraction of sp³-hybridized carbons (Fsp3) is 0.156. The molecule has 5 rings (SSSR count). The van der Waals surface area contributed by atoms with Gasteiger partial charge in [-0.15, -0.1) is 11.3 Å². The zero-order chi connectivity index (χ0) is 30.5. The number of hydrogen-bond donors (Lipinski definition) is 1. The van der Waals surface area contributed by atoms with Gasteiger partial charge in [-0.05, 0) is 59.8 Å². The standard InChI is InChI=1S/C32H22ClFN4O3S2/c1-2-40-32(39)29-26(41-30(37)24(16-36)28(29)19-7-11-21(34)12-8-19)17-43-31-23(15-35)22(18-5-9-20(33)10-6-18)14-25(38-31)27-4-3-13-42-27/h3-14,24,28,37H,2,17H2,1H3. The van der Waals surface area contributed by atoms with E-state index in [4.69, 9.17) is 31.5 Å². The Bertz CT molecular complexity index is 1790. The quantitative estimate of drug-likeness (QED) is 0.155. The molecule has 0 spiro atoms. The molecule has 3 heterocycles. The largest absolute Gasteiger partial charge is 0.463 e. The Hall–Kier alpha value is -4.48. The average molecular weight is 629 g/mol. The maximum absolute atomic E-state index is 13.8. The summed E-state index contributed by atoms with van der Waals surface area (Å²) in [7, 11) is 0. The molecule has 0 saturated carbocycles. The van der Waals surface area contributed by atoms with Crippen molar-refractivity contribution in [2.45, 2.75) is 17.9 Å². The molecule has 1 aliphatic heterocycles. The van der Waals surface area contributed by atoms with Crippen LogP contribution in [0.5, 0.6) is 0 Å². The van der Waals surface area contributed by atoms with Gasteiger partial charge in [0.25, 0.3) is 0 Å². The van der Waals surface area contributed by atoms with E-state index in [9.17, 15) is 19.7 Å². The van der Waals surface area contributed by atoms with Crippen molar-refractivity contribution < 1.29 is 18.7 Å². The number of ether oxygens (including phenoxy) is 2. The molecule has 0 fully saturated rings.